The fourth-order valence-corrected chi connectivity index (χ4v) is 1.92. The minimum Gasteiger partial charge on any atom is -0.310 e. The van der Waals surface area contributed by atoms with E-state index in [4.69, 9.17) is 5.26 Å². The van der Waals surface area contributed by atoms with Crippen molar-refractivity contribution < 1.29 is 0 Å². The van der Waals surface area contributed by atoms with Gasteiger partial charge in [-0.25, -0.2) is 0 Å². The van der Waals surface area contributed by atoms with Crippen LogP contribution in [0.4, 0.5) is 0 Å². The average Bonchev–Trinajstić information content (AvgIpc) is 2.18. The first-order valence-corrected chi connectivity index (χ1v) is 5.48. The van der Waals surface area contributed by atoms with E-state index in [2.05, 4.69) is 31.3 Å². The number of hydrogen-bond donors (Lipinski definition) is 1. The van der Waals surface area contributed by atoms with Crippen molar-refractivity contribution in [2.45, 2.75) is 45.6 Å². The van der Waals surface area contributed by atoms with Crippen LogP contribution in [0.3, 0.4) is 0 Å². The van der Waals surface area contributed by atoms with E-state index in [1.54, 1.807) is 0 Å². The van der Waals surface area contributed by atoms with E-state index in [1.165, 1.54) is 18.4 Å². The molecule has 1 fully saturated rings. The largest absolute Gasteiger partial charge is 0.310 e. The molecule has 1 aliphatic carbocycles. The van der Waals surface area contributed by atoms with Crippen LogP contribution in [0, 0.1) is 17.2 Å². The van der Waals surface area contributed by atoms with Crippen LogP contribution in [0.15, 0.2) is 11.6 Å². The SMILES string of the molecule is CC(C)=CCNC1CCCC(C#N)C1. The van der Waals surface area contributed by atoms with Crippen molar-refractivity contribution in [3.8, 4) is 6.07 Å². The van der Waals surface area contributed by atoms with E-state index in [1.807, 2.05) is 0 Å². The second-order valence-electron chi connectivity index (χ2n) is 4.38. The van der Waals surface area contributed by atoms with Gasteiger partial charge < -0.3 is 5.32 Å². The Balaban J connectivity index is 2.25. The summed E-state index contributed by atoms with van der Waals surface area (Å²) in [7, 11) is 0. The number of nitrogens with one attached hydrogen (secondary N) is 1. The number of rotatable bonds is 3. The summed E-state index contributed by atoms with van der Waals surface area (Å²) in [5.41, 5.74) is 1.35. The van der Waals surface area contributed by atoms with Crippen LogP contribution in [0.1, 0.15) is 39.5 Å². The van der Waals surface area contributed by atoms with Gasteiger partial charge in [0.15, 0.2) is 0 Å². The monoisotopic (exact) mass is 192 g/mol. The predicted octanol–water partition coefficient (Wildman–Crippen LogP) is 2.62. The molecule has 0 aromatic rings. The van der Waals surface area contributed by atoms with Crippen LogP contribution in [-0.4, -0.2) is 12.6 Å². The molecule has 1 saturated carbocycles. The molecule has 1 rings (SSSR count). The van der Waals surface area contributed by atoms with Crippen molar-refractivity contribution in [2.75, 3.05) is 6.54 Å². The molecule has 0 aliphatic heterocycles. The van der Waals surface area contributed by atoms with Crippen LogP contribution >= 0.6 is 0 Å². The molecule has 2 heteroatoms. The van der Waals surface area contributed by atoms with Crippen LogP contribution in [-0.2, 0) is 0 Å². The quantitative estimate of drug-likeness (QED) is 0.698. The van der Waals surface area contributed by atoms with E-state index >= 15 is 0 Å². The Labute approximate surface area is 87.0 Å². The van der Waals surface area contributed by atoms with Gasteiger partial charge in [-0.1, -0.05) is 18.1 Å². The Bertz CT molecular complexity index is 233. The Hall–Kier alpha value is -0.810. The molecule has 0 aromatic carbocycles. The second kappa shape index (κ2) is 5.82. The molecule has 0 saturated heterocycles. The zero-order valence-electron chi connectivity index (χ0n) is 9.21. The molecular weight excluding hydrogens is 172 g/mol. The lowest BCUT2D eigenvalue weighted by Crippen LogP contribution is -2.33. The van der Waals surface area contributed by atoms with E-state index in [9.17, 15) is 0 Å². The molecule has 2 nitrogen and oxygen atoms in total. The molecule has 0 amide bonds. The van der Waals surface area contributed by atoms with Crippen molar-refractivity contribution in [2.24, 2.45) is 5.92 Å². The maximum atomic E-state index is 8.83. The Morgan fingerprint density at radius 3 is 2.93 bits per heavy atom. The normalized spacial score (nSPS) is 26.6. The van der Waals surface area contributed by atoms with E-state index in [0.29, 0.717) is 6.04 Å². The first-order valence-electron chi connectivity index (χ1n) is 5.48. The fraction of sp³-hybridized carbons (Fsp3) is 0.750. The van der Waals surface area contributed by atoms with E-state index < -0.39 is 0 Å². The molecule has 2 unspecified atom stereocenters. The van der Waals surface area contributed by atoms with Gasteiger partial charge in [0.25, 0.3) is 0 Å². The van der Waals surface area contributed by atoms with E-state index in [-0.39, 0.29) is 5.92 Å². The van der Waals surface area contributed by atoms with Gasteiger partial charge in [-0.05, 0) is 33.1 Å². The molecule has 0 radical (unpaired) electrons. The van der Waals surface area contributed by atoms with Gasteiger partial charge in [-0.2, -0.15) is 5.26 Å². The van der Waals surface area contributed by atoms with Gasteiger partial charge in [-0.3, -0.25) is 0 Å². The third-order valence-electron chi connectivity index (χ3n) is 2.77. The molecule has 1 aliphatic rings. The third kappa shape index (κ3) is 3.93. The zero-order chi connectivity index (χ0) is 10.4. The standard InChI is InChI=1S/C12H20N2/c1-10(2)6-7-14-12-5-3-4-11(8-12)9-13/h6,11-12,14H,3-5,7-8H2,1-2H3. The number of nitrogens with zero attached hydrogens (tertiary/aromatic N) is 1. The van der Waals surface area contributed by atoms with Crippen molar-refractivity contribution in [1.82, 2.24) is 5.32 Å². The summed E-state index contributed by atoms with van der Waals surface area (Å²) < 4.78 is 0. The number of allylic oxidation sites excluding steroid dienone is 1. The molecule has 78 valence electrons. The molecule has 14 heavy (non-hydrogen) atoms. The maximum Gasteiger partial charge on any atom is 0.0656 e. The third-order valence-corrected chi connectivity index (χ3v) is 2.77. The minimum absolute atomic E-state index is 0.285. The summed E-state index contributed by atoms with van der Waals surface area (Å²) in [6.45, 7) is 5.17. The van der Waals surface area contributed by atoms with Crippen LogP contribution in [0.25, 0.3) is 0 Å². The van der Waals surface area contributed by atoms with Crippen LogP contribution < -0.4 is 5.32 Å². The van der Waals surface area contributed by atoms with Crippen molar-refractivity contribution >= 4 is 0 Å². The molecule has 0 spiro atoms. The summed E-state index contributed by atoms with van der Waals surface area (Å²) in [6, 6.07) is 2.94. The zero-order valence-corrected chi connectivity index (χ0v) is 9.21. The number of hydrogen-bond acceptors (Lipinski definition) is 2. The highest BCUT2D eigenvalue weighted by atomic mass is 14.9. The lowest BCUT2D eigenvalue weighted by atomic mass is 9.87. The molecule has 1 N–H and O–H groups in total. The van der Waals surface area contributed by atoms with Gasteiger partial charge in [-0.15, -0.1) is 0 Å². The fourth-order valence-electron chi connectivity index (χ4n) is 1.92. The summed E-state index contributed by atoms with van der Waals surface area (Å²) in [4.78, 5) is 0. The molecular formula is C12H20N2. The van der Waals surface area contributed by atoms with Gasteiger partial charge in [0.05, 0.1) is 6.07 Å². The molecule has 2 atom stereocenters. The van der Waals surface area contributed by atoms with Crippen LogP contribution in [0.5, 0.6) is 0 Å². The topological polar surface area (TPSA) is 35.8 Å². The lowest BCUT2D eigenvalue weighted by Gasteiger charge is -2.25. The second-order valence-corrected chi connectivity index (χ2v) is 4.38. The van der Waals surface area contributed by atoms with Crippen molar-refractivity contribution in [3.63, 3.8) is 0 Å². The minimum atomic E-state index is 0.285. The van der Waals surface area contributed by atoms with E-state index in [0.717, 1.165) is 19.4 Å². The lowest BCUT2D eigenvalue weighted by molar-refractivity contribution is 0.336. The summed E-state index contributed by atoms with van der Waals surface area (Å²) >= 11 is 0. The summed E-state index contributed by atoms with van der Waals surface area (Å²) in [6.07, 6.45) is 6.76. The highest BCUT2D eigenvalue weighted by molar-refractivity contribution is 4.96. The molecule has 0 heterocycles. The van der Waals surface area contributed by atoms with Crippen molar-refractivity contribution in [1.29, 1.82) is 5.26 Å². The Morgan fingerprint density at radius 1 is 1.50 bits per heavy atom. The average molecular weight is 192 g/mol. The predicted molar refractivity (Wildman–Crippen MR) is 58.8 cm³/mol. The van der Waals surface area contributed by atoms with Gasteiger partial charge in [0, 0.05) is 18.5 Å². The summed E-state index contributed by atoms with van der Waals surface area (Å²) in [5.74, 6) is 0.285. The first-order chi connectivity index (χ1) is 6.72. The highest BCUT2D eigenvalue weighted by Crippen LogP contribution is 2.23. The molecule has 0 bridgehead atoms. The Morgan fingerprint density at radius 2 is 2.29 bits per heavy atom. The van der Waals surface area contributed by atoms with Crippen LogP contribution in [0.2, 0.25) is 0 Å². The first kappa shape index (κ1) is 11.3. The van der Waals surface area contributed by atoms with Gasteiger partial charge in [0.2, 0.25) is 0 Å². The summed E-state index contributed by atoms with van der Waals surface area (Å²) in [5, 5.41) is 12.3. The smallest absolute Gasteiger partial charge is 0.0656 e. The Kier molecular flexibility index (Phi) is 4.69. The van der Waals surface area contributed by atoms with Gasteiger partial charge in [0.1, 0.15) is 0 Å². The maximum absolute atomic E-state index is 8.83. The van der Waals surface area contributed by atoms with Gasteiger partial charge >= 0.3 is 0 Å². The highest BCUT2D eigenvalue weighted by Gasteiger charge is 2.20. The van der Waals surface area contributed by atoms with Crippen molar-refractivity contribution in [3.05, 3.63) is 11.6 Å². The number of nitriles is 1. The molecule has 0 aromatic heterocycles.